The molecule has 1 aliphatic rings. The summed E-state index contributed by atoms with van der Waals surface area (Å²) in [7, 11) is 0. The van der Waals surface area contributed by atoms with Crippen molar-refractivity contribution in [3.63, 3.8) is 0 Å². The summed E-state index contributed by atoms with van der Waals surface area (Å²) in [5.74, 6) is -0.147. The normalized spacial score (nSPS) is 23.1. The summed E-state index contributed by atoms with van der Waals surface area (Å²) < 4.78 is 13.6. The van der Waals surface area contributed by atoms with Crippen LogP contribution < -0.4 is 5.32 Å². The van der Waals surface area contributed by atoms with E-state index in [2.05, 4.69) is 28.2 Å². The Kier molecular flexibility index (Phi) is 4.39. The van der Waals surface area contributed by atoms with Crippen LogP contribution in [0.3, 0.4) is 0 Å². The predicted molar refractivity (Wildman–Crippen MR) is 75.8 cm³/mol. The number of hydrogen-bond acceptors (Lipinski definition) is 3. The SMILES string of the molecule is CC1CCCCC1Nc1cc(Br)c(F)cc1[N+](=O)[O-]. The number of rotatable bonds is 3. The molecule has 0 bridgehead atoms. The van der Waals surface area contributed by atoms with Gasteiger partial charge in [0.2, 0.25) is 0 Å². The van der Waals surface area contributed by atoms with Crippen LogP contribution in [0.2, 0.25) is 0 Å². The second kappa shape index (κ2) is 5.86. The van der Waals surface area contributed by atoms with Gasteiger partial charge in [-0.3, -0.25) is 10.1 Å². The summed E-state index contributed by atoms with van der Waals surface area (Å²) in [5.41, 5.74) is 0.176. The second-order valence-electron chi connectivity index (χ2n) is 5.05. The quantitative estimate of drug-likeness (QED) is 0.656. The highest BCUT2D eigenvalue weighted by Gasteiger charge is 2.25. The van der Waals surface area contributed by atoms with Crippen molar-refractivity contribution in [1.82, 2.24) is 0 Å². The third-order valence-electron chi connectivity index (χ3n) is 3.69. The van der Waals surface area contributed by atoms with Crippen molar-refractivity contribution in [1.29, 1.82) is 0 Å². The van der Waals surface area contributed by atoms with Crippen LogP contribution in [0.25, 0.3) is 0 Å². The fourth-order valence-electron chi connectivity index (χ4n) is 2.53. The minimum Gasteiger partial charge on any atom is -0.376 e. The Hall–Kier alpha value is -1.17. The molecule has 0 heterocycles. The van der Waals surface area contributed by atoms with Crippen molar-refractivity contribution >= 4 is 27.3 Å². The lowest BCUT2D eigenvalue weighted by molar-refractivity contribution is -0.384. The average Bonchev–Trinajstić information content (AvgIpc) is 2.36. The van der Waals surface area contributed by atoms with E-state index in [9.17, 15) is 14.5 Å². The van der Waals surface area contributed by atoms with E-state index in [-0.39, 0.29) is 16.2 Å². The van der Waals surface area contributed by atoms with Crippen molar-refractivity contribution in [3.8, 4) is 0 Å². The Bertz CT molecular complexity index is 496. The Labute approximate surface area is 119 Å². The molecule has 0 amide bonds. The Morgan fingerprint density at radius 2 is 2.11 bits per heavy atom. The first-order valence-corrected chi connectivity index (χ1v) is 7.18. The molecule has 0 aromatic heterocycles. The van der Waals surface area contributed by atoms with Gasteiger partial charge in [0.1, 0.15) is 11.5 Å². The van der Waals surface area contributed by atoms with Crippen LogP contribution in [-0.4, -0.2) is 11.0 Å². The number of hydrogen-bond donors (Lipinski definition) is 1. The maximum atomic E-state index is 13.4. The molecule has 2 rings (SSSR count). The molecule has 19 heavy (non-hydrogen) atoms. The Morgan fingerprint density at radius 1 is 1.42 bits per heavy atom. The van der Waals surface area contributed by atoms with Gasteiger partial charge in [-0.1, -0.05) is 19.8 Å². The van der Waals surface area contributed by atoms with Gasteiger partial charge in [-0.05, 0) is 40.8 Å². The van der Waals surface area contributed by atoms with Crippen LogP contribution in [0.15, 0.2) is 16.6 Å². The van der Waals surface area contributed by atoms with Crippen LogP contribution in [0.4, 0.5) is 15.8 Å². The van der Waals surface area contributed by atoms with Gasteiger partial charge < -0.3 is 5.32 Å². The van der Waals surface area contributed by atoms with Gasteiger partial charge in [-0.25, -0.2) is 4.39 Å². The maximum Gasteiger partial charge on any atom is 0.295 e. The first kappa shape index (κ1) is 14.2. The van der Waals surface area contributed by atoms with Gasteiger partial charge in [-0.2, -0.15) is 0 Å². The molecule has 1 saturated carbocycles. The molecule has 1 aliphatic carbocycles. The monoisotopic (exact) mass is 330 g/mol. The van der Waals surface area contributed by atoms with Crippen LogP contribution in [-0.2, 0) is 0 Å². The maximum absolute atomic E-state index is 13.4. The highest BCUT2D eigenvalue weighted by Crippen LogP contribution is 2.34. The minimum absolute atomic E-state index is 0.210. The summed E-state index contributed by atoms with van der Waals surface area (Å²) in [4.78, 5) is 10.4. The largest absolute Gasteiger partial charge is 0.376 e. The van der Waals surface area contributed by atoms with Crippen LogP contribution in [0.5, 0.6) is 0 Å². The van der Waals surface area contributed by atoms with Crippen LogP contribution in [0, 0.1) is 21.8 Å². The molecule has 0 aliphatic heterocycles. The third-order valence-corrected chi connectivity index (χ3v) is 4.30. The number of halogens is 2. The van der Waals surface area contributed by atoms with Crippen LogP contribution >= 0.6 is 15.9 Å². The van der Waals surface area contributed by atoms with E-state index in [1.54, 1.807) is 0 Å². The summed E-state index contributed by atoms with van der Waals surface area (Å²) in [6.07, 6.45) is 4.44. The molecule has 1 aromatic rings. The second-order valence-corrected chi connectivity index (χ2v) is 5.91. The zero-order valence-corrected chi connectivity index (χ0v) is 12.2. The van der Waals surface area contributed by atoms with Gasteiger partial charge in [-0.15, -0.1) is 0 Å². The molecule has 4 nitrogen and oxygen atoms in total. The number of benzene rings is 1. The van der Waals surface area contributed by atoms with Crippen molar-refractivity contribution in [2.75, 3.05) is 5.32 Å². The Morgan fingerprint density at radius 3 is 2.74 bits per heavy atom. The summed E-state index contributed by atoms with van der Waals surface area (Å²) >= 11 is 3.07. The van der Waals surface area contributed by atoms with E-state index >= 15 is 0 Å². The molecule has 1 fully saturated rings. The number of nitro groups is 1. The van der Waals surface area contributed by atoms with Crippen LogP contribution in [0.1, 0.15) is 32.6 Å². The average molecular weight is 331 g/mol. The van der Waals surface area contributed by atoms with E-state index in [0.717, 1.165) is 25.3 Å². The van der Waals surface area contributed by atoms with Gasteiger partial charge in [0.15, 0.2) is 0 Å². The lowest BCUT2D eigenvalue weighted by Crippen LogP contribution is -2.30. The highest BCUT2D eigenvalue weighted by molar-refractivity contribution is 9.10. The molecule has 0 spiro atoms. The number of nitro benzene ring substituents is 1. The summed E-state index contributed by atoms with van der Waals surface area (Å²) in [5, 5.41) is 14.2. The van der Waals surface area contributed by atoms with Crippen molar-refractivity contribution < 1.29 is 9.31 Å². The van der Waals surface area contributed by atoms with Gasteiger partial charge >= 0.3 is 0 Å². The van der Waals surface area contributed by atoms with E-state index < -0.39 is 10.7 Å². The molecule has 2 atom stereocenters. The zero-order chi connectivity index (χ0) is 14.0. The van der Waals surface area contributed by atoms with E-state index in [0.29, 0.717) is 11.6 Å². The van der Waals surface area contributed by atoms with E-state index in [1.165, 1.54) is 12.5 Å². The predicted octanol–water partition coefficient (Wildman–Crippen LogP) is 4.49. The van der Waals surface area contributed by atoms with E-state index in [4.69, 9.17) is 0 Å². The molecule has 0 radical (unpaired) electrons. The topological polar surface area (TPSA) is 55.2 Å². The molecule has 1 N–H and O–H groups in total. The first-order valence-electron chi connectivity index (χ1n) is 6.39. The fraction of sp³-hybridized carbons (Fsp3) is 0.538. The molecular formula is C13H16BrFN2O2. The van der Waals surface area contributed by atoms with Crippen molar-refractivity contribution in [2.45, 2.75) is 38.6 Å². The van der Waals surface area contributed by atoms with Crippen molar-refractivity contribution in [2.24, 2.45) is 5.92 Å². The molecule has 2 unspecified atom stereocenters. The van der Waals surface area contributed by atoms with Gasteiger partial charge in [0, 0.05) is 6.04 Å². The lowest BCUT2D eigenvalue weighted by Gasteiger charge is -2.30. The molecule has 104 valence electrons. The van der Waals surface area contributed by atoms with Crippen molar-refractivity contribution in [3.05, 3.63) is 32.5 Å². The summed E-state index contributed by atoms with van der Waals surface area (Å²) in [6.45, 7) is 2.14. The minimum atomic E-state index is -0.617. The Balaban J connectivity index is 2.27. The standard InChI is InChI=1S/C13H16BrFN2O2/c1-8-4-2-3-5-11(8)16-12-6-9(14)10(15)7-13(12)17(18)19/h6-8,11,16H,2-5H2,1H3. The number of nitrogens with one attached hydrogen (secondary N) is 1. The molecule has 0 saturated heterocycles. The fourth-order valence-corrected chi connectivity index (χ4v) is 2.88. The summed E-state index contributed by atoms with van der Waals surface area (Å²) in [6, 6.07) is 2.62. The van der Waals surface area contributed by atoms with Gasteiger partial charge in [0.05, 0.1) is 15.5 Å². The van der Waals surface area contributed by atoms with Gasteiger partial charge in [0.25, 0.3) is 5.69 Å². The smallest absolute Gasteiger partial charge is 0.295 e. The number of anilines is 1. The first-order chi connectivity index (χ1) is 8.99. The molecule has 1 aromatic carbocycles. The molecule has 6 heteroatoms. The lowest BCUT2D eigenvalue weighted by atomic mass is 9.86. The third kappa shape index (κ3) is 3.23. The molecular weight excluding hydrogens is 315 g/mol. The zero-order valence-electron chi connectivity index (χ0n) is 10.7. The highest BCUT2D eigenvalue weighted by atomic mass is 79.9. The van der Waals surface area contributed by atoms with E-state index in [1.807, 2.05) is 0 Å². The number of nitrogens with zero attached hydrogens (tertiary/aromatic N) is 1.